The van der Waals surface area contributed by atoms with Crippen LogP contribution in [0, 0.1) is 0 Å². The molecule has 6 heteroatoms. The summed E-state index contributed by atoms with van der Waals surface area (Å²) in [5.74, 6) is 0.0801. The van der Waals surface area contributed by atoms with Gasteiger partial charge in [-0.2, -0.15) is 0 Å². The first-order chi connectivity index (χ1) is 13.0. The fourth-order valence-electron chi connectivity index (χ4n) is 4.09. The minimum atomic E-state index is -0.517. The minimum Gasteiger partial charge on any atom is -0.396 e. The Bertz CT molecular complexity index is 823. The lowest BCUT2D eigenvalue weighted by Gasteiger charge is -2.44. The average Bonchev–Trinajstić information content (AvgIpc) is 2.64. The third kappa shape index (κ3) is 4.49. The monoisotopic (exact) mass is 425 g/mol. The van der Waals surface area contributed by atoms with Gasteiger partial charge in [0.1, 0.15) is 0 Å². The van der Waals surface area contributed by atoms with Gasteiger partial charge >= 0.3 is 0 Å². The molecule has 0 aliphatic carbocycles. The van der Waals surface area contributed by atoms with E-state index in [1.165, 1.54) is 0 Å². The molecule has 0 amide bonds. The molecule has 0 radical (unpaired) electrons. The van der Waals surface area contributed by atoms with E-state index in [-0.39, 0.29) is 18.8 Å². The van der Waals surface area contributed by atoms with Gasteiger partial charge in [-0.3, -0.25) is 4.79 Å². The highest BCUT2D eigenvalue weighted by atomic mass is 35.5. The van der Waals surface area contributed by atoms with Gasteiger partial charge in [0.05, 0.1) is 16.1 Å². The van der Waals surface area contributed by atoms with Crippen LogP contribution in [0.4, 0.5) is 0 Å². The maximum Gasteiger partial charge on any atom is 0.155 e. The van der Waals surface area contributed by atoms with Crippen LogP contribution in [0.5, 0.6) is 0 Å². The Balaban J connectivity index is 1.96. The summed E-state index contributed by atoms with van der Waals surface area (Å²) in [7, 11) is 0. The van der Waals surface area contributed by atoms with Crippen molar-refractivity contribution in [2.24, 2.45) is 0 Å². The Morgan fingerprint density at radius 1 is 1.15 bits per heavy atom. The number of hydrogen-bond donors (Lipinski definition) is 2. The topological polar surface area (TPSA) is 49.3 Å². The molecule has 3 nitrogen and oxygen atoms in total. The van der Waals surface area contributed by atoms with E-state index in [2.05, 4.69) is 5.32 Å². The molecule has 1 fully saturated rings. The smallest absolute Gasteiger partial charge is 0.155 e. The van der Waals surface area contributed by atoms with Gasteiger partial charge in [0.2, 0.25) is 0 Å². The van der Waals surface area contributed by atoms with Crippen molar-refractivity contribution >= 4 is 40.6 Å². The number of aliphatic hydroxyl groups is 1. The first-order valence-corrected chi connectivity index (χ1v) is 10.2. The average molecular weight is 427 g/mol. The van der Waals surface area contributed by atoms with Crippen LogP contribution in [0.25, 0.3) is 0 Å². The number of halogens is 3. The highest BCUT2D eigenvalue weighted by Gasteiger charge is 2.45. The zero-order valence-electron chi connectivity index (χ0n) is 14.9. The highest BCUT2D eigenvalue weighted by molar-refractivity contribution is 6.42. The van der Waals surface area contributed by atoms with Gasteiger partial charge in [-0.15, -0.1) is 0 Å². The van der Waals surface area contributed by atoms with Gasteiger partial charge in [0, 0.05) is 23.5 Å². The van der Waals surface area contributed by atoms with Crippen LogP contribution in [-0.2, 0) is 16.6 Å². The lowest BCUT2D eigenvalue weighted by molar-refractivity contribution is -0.123. The van der Waals surface area contributed by atoms with Crippen molar-refractivity contribution in [1.29, 1.82) is 0 Å². The number of nitrogens with one attached hydrogen (secondary N) is 1. The fraction of sp³-hybridized carbons (Fsp3) is 0.381. The number of Topliss-reactive ketones (excluding diaryl/α,β-unsaturated/α-hetero) is 1. The molecule has 0 saturated carbocycles. The van der Waals surface area contributed by atoms with Crippen LogP contribution >= 0.6 is 34.8 Å². The molecule has 1 saturated heterocycles. The van der Waals surface area contributed by atoms with E-state index in [1.807, 2.05) is 30.3 Å². The van der Waals surface area contributed by atoms with Gasteiger partial charge in [0.15, 0.2) is 5.78 Å². The van der Waals surface area contributed by atoms with Crippen molar-refractivity contribution in [2.45, 2.75) is 37.1 Å². The highest BCUT2D eigenvalue weighted by Crippen LogP contribution is 2.41. The zero-order valence-corrected chi connectivity index (χ0v) is 17.1. The van der Waals surface area contributed by atoms with Crippen LogP contribution in [0.15, 0.2) is 42.5 Å². The van der Waals surface area contributed by atoms with E-state index >= 15 is 0 Å². The molecular weight excluding hydrogens is 405 g/mol. The summed E-state index contributed by atoms with van der Waals surface area (Å²) in [6.45, 7) is 0.753. The van der Waals surface area contributed by atoms with Gasteiger partial charge in [0.25, 0.3) is 0 Å². The van der Waals surface area contributed by atoms with Crippen molar-refractivity contribution < 1.29 is 9.90 Å². The van der Waals surface area contributed by atoms with E-state index in [4.69, 9.17) is 34.8 Å². The minimum absolute atomic E-state index is 0.0110. The molecule has 0 aromatic heterocycles. The number of carbonyl (C=O) groups is 1. The third-order valence-electron chi connectivity index (χ3n) is 5.34. The molecule has 2 aromatic carbocycles. The standard InChI is InChI=1S/C21H22Cl3NO2/c22-16-4-1-3-14(11-16)12-19(27)20-21(8-10-26,7-2-9-25-20)15-5-6-17(23)18(24)13-15/h1,3-6,11,13,20,25-26H,2,7-10,12H2. The molecule has 1 aliphatic heterocycles. The van der Waals surface area contributed by atoms with Crippen LogP contribution in [-0.4, -0.2) is 30.1 Å². The molecule has 2 unspecified atom stereocenters. The summed E-state index contributed by atoms with van der Waals surface area (Å²) >= 11 is 18.4. The summed E-state index contributed by atoms with van der Waals surface area (Å²) in [6.07, 6.45) is 2.47. The Kier molecular flexibility index (Phi) is 6.83. The lowest BCUT2D eigenvalue weighted by Crippen LogP contribution is -2.57. The van der Waals surface area contributed by atoms with Crippen molar-refractivity contribution in [2.75, 3.05) is 13.2 Å². The number of carbonyl (C=O) groups excluding carboxylic acids is 1. The van der Waals surface area contributed by atoms with Crippen LogP contribution < -0.4 is 5.32 Å². The fourth-order valence-corrected chi connectivity index (χ4v) is 4.60. The number of piperidine rings is 1. The normalized spacial score (nSPS) is 22.6. The van der Waals surface area contributed by atoms with E-state index in [9.17, 15) is 9.90 Å². The van der Waals surface area contributed by atoms with Gasteiger partial charge < -0.3 is 10.4 Å². The molecule has 27 heavy (non-hydrogen) atoms. The van der Waals surface area contributed by atoms with Crippen molar-refractivity contribution in [3.63, 3.8) is 0 Å². The molecule has 1 heterocycles. The molecule has 2 aromatic rings. The predicted octanol–water partition coefficient (Wildman–Crippen LogP) is 4.83. The predicted molar refractivity (Wildman–Crippen MR) is 111 cm³/mol. The zero-order chi connectivity index (χ0) is 19.4. The molecular formula is C21H22Cl3NO2. The molecule has 144 valence electrons. The van der Waals surface area contributed by atoms with Crippen LogP contribution in [0.2, 0.25) is 15.1 Å². The Hall–Kier alpha value is -1.10. The molecule has 2 N–H and O–H groups in total. The second-order valence-electron chi connectivity index (χ2n) is 7.02. The third-order valence-corrected chi connectivity index (χ3v) is 6.32. The van der Waals surface area contributed by atoms with Crippen molar-refractivity contribution in [3.8, 4) is 0 Å². The lowest BCUT2D eigenvalue weighted by atomic mass is 9.65. The molecule has 2 atom stereocenters. The first kappa shape index (κ1) is 20.6. The van der Waals surface area contributed by atoms with Crippen molar-refractivity contribution in [1.82, 2.24) is 5.32 Å². The maximum absolute atomic E-state index is 13.2. The molecule has 1 aliphatic rings. The van der Waals surface area contributed by atoms with E-state index in [0.717, 1.165) is 30.5 Å². The quantitative estimate of drug-likeness (QED) is 0.695. The number of hydrogen-bond acceptors (Lipinski definition) is 3. The molecule has 3 rings (SSSR count). The van der Waals surface area contributed by atoms with Crippen LogP contribution in [0.3, 0.4) is 0 Å². The second kappa shape index (κ2) is 8.93. The SMILES string of the molecule is O=C(Cc1cccc(Cl)c1)C1NCCCC1(CCO)c1ccc(Cl)c(Cl)c1. The summed E-state index contributed by atoms with van der Waals surface area (Å²) in [4.78, 5) is 13.2. The second-order valence-corrected chi connectivity index (χ2v) is 8.27. The number of aliphatic hydroxyl groups excluding tert-OH is 1. The number of benzene rings is 2. The first-order valence-electron chi connectivity index (χ1n) is 9.03. The molecule has 0 bridgehead atoms. The Morgan fingerprint density at radius 3 is 2.67 bits per heavy atom. The van der Waals surface area contributed by atoms with E-state index < -0.39 is 11.5 Å². The van der Waals surface area contributed by atoms with Crippen LogP contribution in [0.1, 0.15) is 30.4 Å². The van der Waals surface area contributed by atoms with Gasteiger partial charge in [-0.05, 0) is 61.2 Å². The number of rotatable bonds is 6. The summed E-state index contributed by atoms with van der Waals surface area (Å²) < 4.78 is 0. The van der Waals surface area contributed by atoms with Gasteiger partial charge in [-0.1, -0.05) is 53.0 Å². The maximum atomic E-state index is 13.2. The van der Waals surface area contributed by atoms with Crippen molar-refractivity contribution in [3.05, 3.63) is 68.7 Å². The number of ketones is 1. The van der Waals surface area contributed by atoms with E-state index in [1.54, 1.807) is 12.1 Å². The summed E-state index contributed by atoms with van der Waals surface area (Å²) in [5.41, 5.74) is 1.30. The van der Waals surface area contributed by atoms with E-state index in [0.29, 0.717) is 21.5 Å². The summed E-state index contributed by atoms with van der Waals surface area (Å²) in [5, 5.41) is 14.7. The largest absolute Gasteiger partial charge is 0.396 e. The Labute approximate surface area is 174 Å². The Morgan fingerprint density at radius 2 is 1.96 bits per heavy atom. The summed E-state index contributed by atoms with van der Waals surface area (Å²) in [6, 6.07) is 12.4. The van der Waals surface area contributed by atoms with Gasteiger partial charge in [-0.25, -0.2) is 0 Å². The molecule has 0 spiro atoms.